The van der Waals surface area contributed by atoms with E-state index in [1.807, 2.05) is 30.3 Å². The second-order valence-corrected chi connectivity index (χ2v) is 5.66. The summed E-state index contributed by atoms with van der Waals surface area (Å²) in [5.74, 6) is 1.83. The van der Waals surface area contributed by atoms with Gasteiger partial charge in [0.05, 0.1) is 0 Å². The number of nitrogens with zero attached hydrogens (tertiary/aromatic N) is 2. The molecule has 0 atom stereocenters. The van der Waals surface area contributed by atoms with Crippen molar-refractivity contribution in [2.24, 2.45) is 5.92 Å². The maximum Gasteiger partial charge on any atom is 0.250 e. The number of hydrogen-bond acceptors (Lipinski definition) is 3. The molecule has 1 heterocycles. The van der Waals surface area contributed by atoms with Crippen LogP contribution >= 0.6 is 11.6 Å². The topological polar surface area (TPSA) is 38.9 Å². The van der Waals surface area contributed by atoms with E-state index < -0.39 is 0 Å². The van der Waals surface area contributed by atoms with E-state index in [0.717, 1.165) is 5.56 Å². The first-order valence-corrected chi connectivity index (χ1v) is 7.47. The standard InChI is InChI=1S/C16H17ClN2O/c17-14-9-7-13(8-10-14)16-18-15(20-19-16)11-6-12-4-2-1-3-5-12/h6-12H,1-5H2. The summed E-state index contributed by atoms with van der Waals surface area (Å²) in [7, 11) is 0. The van der Waals surface area contributed by atoms with Crippen molar-refractivity contribution >= 4 is 17.7 Å². The Bertz CT molecular complexity index is 583. The van der Waals surface area contributed by atoms with E-state index >= 15 is 0 Å². The monoisotopic (exact) mass is 288 g/mol. The average molecular weight is 289 g/mol. The molecule has 1 aliphatic rings. The molecule has 0 radical (unpaired) electrons. The maximum absolute atomic E-state index is 5.86. The molecule has 0 aliphatic heterocycles. The van der Waals surface area contributed by atoms with Gasteiger partial charge in [-0.25, -0.2) is 0 Å². The van der Waals surface area contributed by atoms with Crippen LogP contribution in [0.3, 0.4) is 0 Å². The first-order chi connectivity index (χ1) is 9.81. The Labute approximate surface area is 123 Å². The number of hydrogen-bond donors (Lipinski definition) is 0. The van der Waals surface area contributed by atoms with Gasteiger partial charge < -0.3 is 4.52 Å². The Hall–Kier alpha value is -1.61. The van der Waals surface area contributed by atoms with Gasteiger partial charge in [-0.1, -0.05) is 42.1 Å². The first kappa shape index (κ1) is 13.4. The minimum Gasteiger partial charge on any atom is -0.334 e. The normalized spacial score (nSPS) is 16.9. The van der Waals surface area contributed by atoms with Crippen LogP contribution in [0.2, 0.25) is 5.02 Å². The van der Waals surface area contributed by atoms with Gasteiger partial charge in [-0.3, -0.25) is 0 Å². The smallest absolute Gasteiger partial charge is 0.250 e. The van der Waals surface area contributed by atoms with Gasteiger partial charge in [0.2, 0.25) is 5.82 Å². The lowest BCUT2D eigenvalue weighted by molar-refractivity contribution is 0.406. The van der Waals surface area contributed by atoms with Crippen molar-refractivity contribution in [2.45, 2.75) is 32.1 Å². The molecule has 0 unspecified atom stereocenters. The highest BCUT2D eigenvalue weighted by Crippen LogP contribution is 2.25. The van der Waals surface area contributed by atoms with Crippen LogP contribution in [0.25, 0.3) is 17.5 Å². The van der Waals surface area contributed by atoms with Crippen LogP contribution in [0.15, 0.2) is 34.9 Å². The molecule has 1 aromatic heterocycles. The van der Waals surface area contributed by atoms with E-state index in [0.29, 0.717) is 22.7 Å². The predicted octanol–water partition coefficient (Wildman–Crippen LogP) is 4.98. The molecule has 20 heavy (non-hydrogen) atoms. The molecular formula is C16H17ClN2O. The fourth-order valence-corrected chi connectivity index (χ4v) is 2.69. The largest absolute Gasteiger partial charge is 0.334 e. The molecule has 104 valence electrons. The number of aromatic nitrogens is 2. The number of halogens is 1. The molecule has 1 fully saturated rings. The van der Waals surface area contributed by atoms with Gasteiger partial charge in [0.1, 0.15) is 0 Å². The Morgan fingerprint density at radius 2 is 1.85 bits per heavy atom. The highest BCUT2D eigenvalue weighted by atomic mass is 35.5. The fourth-order valence-electron chi connectivity index (χ4n) is 2.56. The summed E-state index contributed by atoms with van der Waals surface area (Å²) >= 11 is 5.86. The summed E-state index contributed by atoms with van der Waals surface area (Å²) < 4.78 is 5.26. The zero-order chi connectivity index (χ0) is 13.8. The highest BCUT2D eigenvalue weighted by Gasteiger charge is 2.11. The zero-order valence-electron chi connectivity index (χ0n) is 11.3. The van der Waals surface area contributed by atoms with Crippen molar-refractivity contribution in [3.8, 4) is 11.4 Å². The van der Waals surface area contributed by atoms with E-state index in [-0.39, 0.29) is 0 Å². The Morgan fingerprint density at radius 1 is 1.10 bits per heavy atom. The van der Waals surface area contributed by atoms with Crippen LogP contribution in [-0.2, 0) is 0 Å². The summed E-state index contributed by atoms with van der Waals surface area (Å²) in [6.07, 6.45) is 10.7. The van der Waals surface area contributed by atoms with E-state index in [4.69, 9.17) is 16.1 Å². The lowest BCUT2D eigenvalue weighted by Gasteiger charge is -2.17. The second kappa shape index (κ2) is 6.23. The highest BCUT2D eigenvalue weighted by molar-refractivity contribution is 6.30. The number of allylic oxidation sites excluding steroid dienone is 1. The molecule has 1 aliphatic carbocycles. The van der Waals surface area contributed by atoms with Crippen molar-refractivity contribution in [3.05, 3.63) is 41.3 Å². The second-order valence-electron chi connectivity index (χ2n) is 5.22. The Kier molecular flexibility index (Phi) is 4.16. The molecule has 0 N–H and O–H groups in total. The van der Waals surface area contributed by atoms with Gasteiger partial charge in [0.25, 0.3) is 5.89 Å². The average Bonchev–Trinajstić information content (AvgIpc) is 2.96. The quantitative estimate of drug-likeness (QED) is 0.799. The molecule has 0 bridgehead atoms. The van der Waals surface area contributed by atoms with Crippen LogP contribution in [-0.4, -0.2) is 10.1 Å². The third kappa shape index (κ3) is 3.28. The van der Waals surface area contributed by atoms with Crippen LogP contribution in [0.1, 0.15) is 38.0 Å². The van der Waals surface area contributed by atoms with Gasteiger partial charge in [0.15, 0.2) is 0 Å². The van der Waals surface area contributed by atoms with Crippen molar-refractivity contribution in [2.75, 3.05) is 0 Å². The molecule has 1 aromatic carbocycles. The zero-order valence-corrected chi connectivity index (χ0v) is 12.0. The third-order valence-corrected chi connectivity index (χ3v) is 3.96. The summed E-state index contributed by atoms with van der Waals surface area (Å²) in [5, 5.41) is 4.70. The SMILES string of the molecule is Clc1ccc(-c2noc(C=CC3CCCCC3)n2)cc1. The van der Waals surface area contributed by atoms with Crippen molar-refractivity contribution in [1.82, 2.24) is 10.1 Å². The summed E-state index contributed by atoms with van der Waals surface area (Å²) in [4.78, 5) is 4.39. The van der Waals surface area contributed by atoms with E-state index in [9.17, 15) is 0 Å². The minimum absolute atomic E-state index is 0.570. The lowest BCUT2D eigenvalue weighted by atomic mass is 9.89. The van der Waals surface area contributed by atoms with Crippen LogP contribution in [0.5, 0.6) is 0 Å². The molecule has 0 amide bonds. The summed E-state index contributed by atoms with van der Waals surface area (Å²) in [5.41, 5.74) is 0.912. The van der Waals surface area contributed by atoms with Crippen molar-refractivity contribution in [3.63, 3.8) is 0 Å². The number of benzene rings is 1. The van der Waals surface area contributed by atoms with E-state index in [1.54, 1.807) is 0 Å². The summed E-state index contributed by atoms with van der Waals surface area (Å²) in [6.45, 7) is 0. The molecule has 1 saturated carbocycles. The molecule has 0 spiro atoms. The minimum atomic E-state index is 0.570. The molecule has 4 heteroatoms. The summed E-state index contributed by atoms with van der Waals surface area (Å²) in [6, 6.07) is 7.43. The van der Waals surface area contributed by atoms with Crippen LogP contribution < -0.4 is 0 Å². The maximum atomic E-state index is 5.86. The first-order valence-electron chi connectivity index (χ1n) is 7.09. The Balaban J connectivity index is 1.70. The van der Waals surface area contributed by atoms with Crippen molar-refractivity contribution in [1.29, 1.82) is 0 Å². The van der Waals surface area contributed by atoms with Crippen LogP contribution in [0.4, 0.5) is 0 Å². The molecular weight excluding hydrogens is 272 g/mol. The van der Waals surface area contributed by atoms with Gasteiger partial charge >= 0.3 is 0 Å². The number of rotatable bonds is 3. The molecule has 3 nitrogen and oxygen atoms in total. The lowest BCUT2D eigenvalue weighted by Crippen LogP contribution is -2.02. The van der Waals surface area contributed by atoms with Gasteiger partial charge in [0, 0.05) is 10.6 Å². The Morgan fingerprint density at radius 3 is 2.60 bits per heavy atom. The third-order valence-electron chi connectivity index (χ3n) is 3.70. The van der Waals surface area contributed by atoms with Crippen molar-refractivity contribution < 1.29 is 4.52 Å². The van der Waals surface area contributed by atoms with E-state index in [1.165, 1.54) is 32.1 Å². The van der Waals surface area contributed by atoms with Crippen LogP contribution in [0, 0.1) is 5.92 Å². The van der Waals surface area contributed by atoms with E-state index in [2.05, 4.69) is 16.2 Å². The molecule has 2 aromatic rings. The van der Waals surface area contributed by atoms with Gasteiger partial charge in [-0.2, -0.15) is 4.98 Å². The predicted molar refractivity (Wildman–Crippen MR) is 80.4 cm³/mol. The fraction of sp³-hybridized carbons (Fsp3) is 0.375. The van der Waals surface area contributed by atoms with Gasteiger partial charge in [-0.15, -0.1) is 0 Å². The van der Waals surface area contributed by atoms with Gasteiger partial charge in [-0.05, 0) is 49.1 Å². The molecule has 3 rings (SSSR count). The molecule has 0 saturated heterocycles.